The monoisotopic (exact) mass is 356 g/mol. The molecule has 1 atom stereocenters. The molecule has 0 bridgehead atoms. The molecule has 4 nitrogen and oxygen atoms in total. The van der Waals surface area contributed by atoms with E-state index in [0.717, 1.165) is 36.2 Å². The van der Waals surface area contributed by atoms with Gasteiger partial charge >= 0.3 is 0 Å². The van der Waals surface area contributed by atoms with Gasteiger partial charge in [0.05, 0.1) is 0 Å². The standard InChI is InChI=1S/C20H25ClN4/c1-22-20(24-14-17-7-5-6-10-19(17)21)23-13-16-11-12-25(15-16)18-8-3-2-4-9-18/h2-10,16H,11-15H2,1H3,(H2,22,23,24). The zero-order valence-electron chi connectivity index (χ0n) is 14.6. The molecule has 5 heteroatoms. The van der Waals surface area contributed by atoms with E-state index < -0.39 is 0 Å². The summed E-state index contributed by atoms with van der Waals surface area (Å²) in [7, 11) is 1.80. The normalized spacial score (nSPS) is 17.6. The number of nitrogens with one attached hydrogen (secondary N) is 2. The van der Waals surface area contributed by atoms with Crippen molar-refractivity contribution in [2.75, 3.05) is 31.6 Å². The molecular formula is C20H25ClN4. The quantitative estimate of drug-likeness (QED) is 0.636. The van der Waals surface area contributed by atoms with Crippen LogP contribution in [0.4, 0.5) is 5.69 Å². The summed E-state index contributed by atoms with van der Waals surface area (Å²) in [6, 6.07) is 18.5. The molecule has 0 saturated carbocycles. The fraction of sp³-hybridized carbons (Fsp3) is 0.350. The van der Waals surface area contributed by atoms with Crippen molar-refractivity contribution in [3.63, 3.8) is 0 Å². The van der Waals surface area contributed by atoms with Gasteiger partial charge in [-0.05, 0) is 36.1 Å². The van der Waals surface area contributed by atoms with Gasteiger partial charge in [0.2, 0.25) is 0 Å². The van der Waals surface area contributed by atoms with E-state index in [9.17, 15) is 0 Å². The van der Waals surface area contributed by atoms with Crippen LogP contribution in [0.25, 0.3) is 0 Å². The second kappa shape index (κ2) is 8.77. The van der Waals surface area contributed by atoms with Crippen LogP contribution in [0.5, 0.6) is 0 Å². The van der Waals surface area contributed by atoms with Gasteiger partial charge in [0, 0.05) is 43.9 Å². The lowest BCUT2D eigenvalue weighted by molar-refractivity contribution is 0.565. The third-order valence-corrected chi connectivity index (χ3v) is 4.96. The van der Waals surface area contributed by atoms with E-state index in [-0.39, 0.29) is 0 Å². The van der Waals surface area contributed by atoms with E-state index in [1.54, 1.807) is 7.05 Å². The average Bonchev–Trinajstić information content (AvgIpc) is 3.13. The van der Waals surface area contributed by atoms with Gasteiger partial charge in [0.1, 0.15) is 0 Å². The van der Waals surface area contributed by atoms with Crippen LogP contribution in [0.15, 0.2) is 59.6 Å². The molecular weight excluding hydrogens is 332 g/mol. The number of halogens is 1. The van der Waals surface area contributed by atoms with Crippen molar-refractivity contribution in [1.29, 1.82) is 0 Å². The van der Waals surface area contributed by atoms with Crippen molar-refractivity contribution in [3.05, 3.63) is 65.2 Å². The number of aliphatic imine (C=N–C) groups is 1. The third-order valence-electron chi connectivity index (χ3n) is 4.59. The summed E-state index contributed by atoms with van der Waals surface area (Å²) in [5.74, 6) is 1.44. The fourth-order valence-electron chi connectivity index (χ4n) is 3.15. The topological polar surface area (TPSA) is 39.7 Å². The molecule has 1 heterocycles. The molecule has 1 aliphatic rings. The number of hydrogen-bond acceptors (Lipinski definition) is 2. The molecule has 1 fully saturated rings. The summed E-state index contributed by atoms with van der Waals surface area (Å²) in [6.07, 6.45) is 1.20. The minimum absolute atomic E-state index is 0.624. The first-order valence-corrected chi connectivity index (χ1v) is 9.12. The smallest absolute Gasteiger partial charge is 0.191 e. The Bertz CT molecular complexity index is 702. The van der Waals surface area contributed by atoms with Crippen LogP contribution in [-0.2, 0) is 6.54 Å². The Hall–Kier alpha value is -2.20. The highest BCUT2D eigenvalue weighted by Gasteiger charge is 2.22. The van der Waals surface area contributed by atoms with Crippen LogP contribution in [-0.4, -0.2) is 32.6 Å². The lowest BCUT2D eigenvalue weighted by Crippen LogP contribution is -2.40. The summed E-state index contributed by atoms with van der Waals surface area (Å²) in [5, 5.41) is 7.55. The maximum atomic E-state index is 6.20. The Morgan fingerprint density at radius 3 is 2.64 bits per heavy atom. The van der Waals surface area contributed by atoms with Crippen LogP contribution >= 0.6 is 11.6 Å². The molecule has 25 heavy (non-hydrogen) atoms. The SMILES string of the molecule is CN=C(NCc1ccccc1Cl)NCC1CCN(c2ccccc2)C1. The third kappa shape index (κ3) is 4.89. The summed E-state index contributed by atoms with van der Waals surface area (Å²) in [5.41, 5.74) is 2.38. The Kier molecular flexibility index (Phi) is 6.18. The van der Waals surface area contributed by atoms with E-state index in [1.165, 1.54) is 12.1 Å². The second-order valence-corrected chi connectivity index (χ2v) is 6.74. The van der Waals surface area contributed by atoms with E-state index in [0.29, 0.717) is 12.5 Å². The van der Waals surface area contributed by atoms with Crippen molar-refractivity contribution in [2.24, 2.45) is 10.9 Å². The van der Waals surface area contributed by atoms with Crippen LogP contribution in [0.2, 0.25) is 5.02 Å². The Labute approximate surface area is 154 Å². The van der Waals surface area contributed by atoms with Gasteiger partial charge in [0.25, 0.3) is 0 Å². The molecule has 1 saturated heterocycles. The summed E-state index contributed by atoms with van der Waals surface area (Å²) in [4.78, 5) is 6.76. The maximum absolute atomic E-state index is 6.20. The number of para-hydroxylation sites is 1. The number of guanidine groups is 1. The summed E-state index contributed by atoms with van der Waals surface area (Å²) < 4.78 is 0. The molecule has 0 aromatic heterocycles. The van der Waals surface area contributed by atoms with Gasteiger partial charge in [-0.1, -0.05) is 48.0 Å². The molecule has 3 rings (SSSR count). The first kappa shape index (κ1) is 17.6. The average molecular weight is 357 g/mol. The molecule has 1 unspecified atom stereocenters. The van der Waals surface area contributed by atoms with Gasteiger partial charge in [-0.3, -0.25) is 4.99 Å². The Morgan fingerprint density at radius 2 is 1.88 bits per heavy atom. The maximum Gasteiger partial charge on any atom is 0.191 e. The highest BCUT2D eigenvalue weighted by atomic mass is 35.5. The summed E-state index contributed by atoms with van der Waals surface area (Å²) in [6.45, 7) is 3.78. The molecule has 0 aliphatic carbocycles. The van der Waals surface area contributed by atoms with E-state index in [2.05, 4.69) is 50.9 Å². The van der Waals surface area contributed by atoms with Crippen molar-refractivity contribution in [2.45, 2.75) is 13.0 Å². The molecule has 2 N–H and O–H groups in total. The lowest BCUT2D eigenvalue weighted by Gasteiger charge is -2.19. The number of nitrogens with zero attached hydrogens (tertiary/aromatic N) is 2. The number of hydrogen-bond donors (Lipinski definition) is 2. The predicted molar refractivity (Wildman–Crippen MR) is 106 cm³/mol. The molecule has 0 radical (unpaired) electrons. The minimum Gasteiger partial charge on any atom is -0.371 e. The van der Waals surface area contributed by atoms with Gasteiger partial charge in [-0.2, -0.15) is 0 Å². The number of rotatable bonds is 5. The van der Waals surface area contributed by atoms with Crippen LogP contribution in [0.3, 0.4) is 0 Å². The van der Waals surface area contributed by atoms with Crippen molar-refractivity contribution < 1.29 is 0 Å². The van der Waals surface area contributed by atoms with Crippen molar-refractivity contribution >= 4 is 23.2 Å². The predicted octanol–water partition coefficient (Wildman–Crippen LogP) is 3.53. The molecule has 1 aliphatic heterocycles. The van der Waals surface area contributed by atoms with E-state index in [4.69, 9.17) is 11.6 Å². The van der Waals surface area contributed by atoms with Gasteiger partial charge in [-0.25, -0.2) is 0 Å². The van der Waals surface area contributed by atoms with Crippen molar-refractivity contribution in [1.82, 2.24) is 10.6 Å². The highest BCUT2D eigenvalue weighted by Crippen LogP contribution is 2.22. The highest BCUT2D eigenvalue weighted by molar-refractivity contribution is 6.31. The van der Waals surface area contributed by atoms with Gasteiger partial charge in [0.15, 0.2) is 5.96 Å². The lowest BCUT2D eigenvalue weighted by atomic mass is 10.1. The molecule has 0 amide bonds. The largest absolute Gasteiger partial charge is 0.371 e. The minimum atomic E-state index is 0.624. The van der Waals surface area contributed by atoms with Crippen molar-refractivity contribution in [3.8, 4) is 0 Å². The zero-order chi connectivity index (χ0) is 17.5. The zero-order valence-corrected chi connectivity index (χ0v) is 15.3. The second-order valence-electron chi connectivity index (χ2n) is 6.33. The van der Waals surface area contributed by atoms with Crippen LogP contribution in [0.1, 0.15) is 12.0 Å². The molecule has 132 valence electrons. The molecule has 2 aromatic carbocycles. The van der Waals surface area contributed by atoms with Gasteiger partial charge < -0.3 is 15.5 Å². The summed E-state index contributed by atoms with van der Waals surface area (Å²) >= 11 is 6.20. The molecule has 0 spiro atoms. The van der Waals surface area contributed by atoms with Crippen LogP contribution in [0, 0.1) is 5.92 Å². The first-order chi connectivity index (χ1) is 12.3. The van der Waals surface area contributed by atoms with Gasteiger partial charge in [-0.15, -0.1) is 0 Å². The van der Waals surface area contributed by atoms with Crippen LogP contribution < -0.4 is 15.5 Å². The number of benzene rings is 2. The Balaban J connectivity index is 1.45. The Morgan fingerprint density at radius 1 is 1.12 bits per heavy atom. The van der Waals surface area contributed by atoms with E-state index in [1.807, 2.05) is 24.3 Å². The number of anilines is 1. The first-order valence-electron chi connectivity index (χ1n) is 8.74. The van der Waals surface area contributed by atoms with E-state index >= 15 is 0 Å². The molecule has 2 aromatic rings. The fourth-order valence-corrected chi connectivity index (χ4v) is 3.36.